The van der Waals surface area contributed by atoms with Gasteiger partial charge in [-0.05, 0) is 30.5 Å². The Morgan fingerprint density at radius 2 is 2.22 bits per heavy atom. The van der Waals surface area contributed by atoms with Gasteiger partial charge in [-0.25, -0.2) is 0 Å². The summed E-state index contributed by atoms with van der Waals surface area (Å²) in [6.45, 7) is 2.05. The van der Waals surface area contributed by atoms with Crippen LogP contribution in [0, 0.1) is 5.92 Å². The molecule has 18 heavy (non-hydrogen) atoms. The van der Waals surface area contributed by atoms with Crippen LogP contribution >= 0.6 is 0 Å². The number of ether oxygens (including phenoxy) is 1. The number of carbonyl (C=O) groups is 2. The molecule has 3 heteroatoms. The molecule has 0 aliphatic heterocycles. The van der Waals surface area contributed by atoms with Crippen molar-refractivity contribution in [3.8, 4) is 5.75 Å². The summed E-state index contributed by atoms with van der Waals surface area (Å²) in [5.41, 5.74) is 1.74. The average molecular weight is 246 g/mol. The highest BCUT2D eigenvalue weighted by molar-refractivity contribution is 6.03. The SMILES string of the molecule is CCc1ccc(OC)c(C(=O)C2CCC(=O)C2)c1. The molecule has 3 nitrogen and oxygen atoms in total. The van der Waals surface area contributed by atoms with Gasteiger partial charge >= 0.3 is 0 Å². The summed E-state index contributed by atoms with van der Waals surface area (Å²) in [6.07, 6.45) is 2.48. The Labute approximate surface area is 107 Å². The normalized spacial score (nSPS) is 19.0. The maximum Gasteiger partial charge on any atom is 0.170 e. The van der Waals surface area contributed by atoms with Crippen molar-refractivity contribution in [3.05, 3.63) is 29.3 Å². The minimum Gasteiger partial charge on any atom is -0.496 e. The summed E-state index contributed by atoms with van der Waals surface area (Å²) < 4.78 is 5.25. The lowest BCUT2D eigenvalue weighted by atomic mass is 9.94. The largest absolute Gasteiger partial charge is 0.496 e. The second-order valence-electron chi connectivity index (χ2n) is 4.73. The minimum atomic E-state index is -0.154. The van der Waals surface area contributed by atoms with Crippen LogP contribution in [0.15, 0.2) is 18.2 Å². The van der Waals surface area contributed by atoms with Crippen molar-refractivity contribution >= 4 is 11.6 Å². The maximum atomic E-state index is 12.4. The van der Waals surface area contributed by atoms with Crippen LogP contribution in [0.2, 0.25) is 0 Å². The Balaban J connectivity index is 2.30. The van der Waals surface area contributed by atoms with E-state index in [1.54, 1.807) is 7.11 Å². The van der Waals surface area contributed by atoms with Gasteiger partial charge in [-0.3, -0.25) is 9.59 Å². The molecule has 0 bridgehead atoms. The van der Waals surface area contributed by atoms with Crippen LogP contribution in [0.25, 0.3) is 0 Å². The summed E-state index contributed by atoms with van der Waals surface area (Å²) in [5.74, 6) is 0.696. The molecule has 0 spiro atoms. The van der Waals surface area contributed by atoms with E-state index in [4.69, 9.17) is 4.74 Å². The summed E-state index contributed by atoms with van der Waals surface area (Å²) in [4.78, 5) is 23.7. The lowest BCUT2D eigenvalue weighted by Crippen LogP contribution is -2.13. The van der Waals surface area contributed by atoms with Crippen LogP contribution in [0.4, 0.5) is 0 Å². The molecule has 1 aliphatic carbocycles. The summed E-state index contributed by atoms with van der Waals surface area (Å²) >= 11 is 0. The van der Waals surface area contributed by atoms with Crippen LogP contribution in [0.5, 0.6) is 5.75 Å². The van der Waals surface area contributed by atoms with Crippen molar-refractivity contribution in [3.63, 3.8) is 0 Å². The van der Waals surface area contributed by atoms with Crippen LogP contribution in [-0.2, 0) is 11.2 Å². The quantitative estimate of drug-likeness (QED) is 0.767. The van der Waals surface area contributed by atoms with Crippen molar-refractivity contribution in [1.82, 2.24) is 0 Å². The van der Waals surface area contributed by atoms with E-state index in [2.05, 4.69) is 6.92 Å². The van der Waals surface area contributed by atoms with Crippen LogP contribution in [0.1, 0.15) is 42.1 Å². The first kappa shape index (κ1) is 12.8. The zero-order valence-electron chi connectivity index (χ0n) is 10.9. The first-order chi connectivity index (χ1) is 8.65. The van der Waals surface area contributed by atoms with E-state index in [0.29, 0.717) is 30.6 Å². The molecule has 1 unspecified atom stereocenters. The molecule has 0 N–H and O–H groups in total. The highest BCUT2D eigenvalue weighted by Gasteiger charge is 2.30. The molecule has 0 amide bonds. The summed E-state index contributed by atoms with van der Waals surface area (Å²) in [5, 5.41) is 0. The lowest BCUT2D eigenvalue weighted by Gasteiger charge is -2.12. The predicted octanol–water partition coefficient (Wildman–Crippen LogP) is 2.81. The molecule has 0 heterocycles. The maximum absolute atomic E-state index is 12.4. The number of hydrogen-bond acceptors (Lipinski definition) is 3. The van der Waals surface area contributed by atoms with Gasteiger partial charge in [-0.2, -0.15) is 0 Å². The number of rotatable bonds is 4. The summed E-state index contributed by atoms with van der Waals surface area (Å²) in [6, 6.07) is 5.70. The van der Waals surface area contributed by atoms with Crippen molar-refractivity contribution < 1.29 is 14.3 Å². The van der Waals surface area contributed by atoms with Crippen molar-refractivity contribution in [2.24, 2.45) is 5.92 Å². The fraction of sp³-hybridized carbons (Fsp3) is 0.467. The topological polar surface area (TPSA) is 43.4 Å². The molecule has 1 saturated carbocycles. The molecule has 0 saturated heterocycles. The fourth-order valence-corrected chi connectivity index (χ4v) is 2.43. The Hall–Kier alpha value is -1.64. The average Bonchev–Trinajstić information content (AvgIpc) is 2.83. The molecule has 0 aromatic heterocycles. The second-order valence-corrected chi connectivity index (χ2v) is 4.73. The highest BCUT2D eigenvalue weighted by Crippen LogP contribution is 2.30. The second kappa shape index (κ2) is 5.34. The number of ketones is 2. The Bertz CT molecular complexity index is 477. The molecule has 2 rings (SSSR count). The van der Waals surface area contributed by atoms with E-state index >= 15 is 0 Å². The van der Waals surface area contributed by atoms with Crippen molar-refractivity contribution in [1.29, 1.82) is 0 Å². The lowest BCUT2D eigenvalue weighted by molar-refractivity contribution is -0.117. The molecular weight excluding hydrogens is 228 g/mol. The van der Waals surface area contributed by atoms with Gasteiger partial charge in [0.1, 0.15) is 11.5 Å². The van der Waals surface area contributed by atoms with Gasteiger partial charge in [0, 0.05) is 18.8 Å². The van der Waals surface area contributed by atoms with Crippen molar-refractivity contribution in [2.45, 2.75) is 32.6 Å². The zero-order chi connectivity index (χ0) is 13.1. The van der Waals surface area contributed by atoms with E-state index in [9.17, 15) is 9.59 Å². The van der Waals surface area contributed by atoms with Crippen LogP contribution in [-0.4, -0.2) is 18.7 Å². The highest BCUT2D eigenvalue weighted by atomic mass is 16.5. The number of carbonyl (C=O) groups excluding carboxylic acids is 2. The Kier molecular flexibility index (Phi) is 3.80. The molecule has 1 aliphatic rings. The van der Waals surface area contributed by atoms with Crippen molar-refractivity contribution in [2.75, 3.05) is 7.11 Å². The van der Waals surface area contributed by atoms with Gasteiger partial charge in [-0.1, -0.05) is 13.0 Å². The molecular formula is C15H18O3. The monoisotopic (exact) mass is 246 g/mol. The number of Topliss-reactive ketones (excluding diaryl/α,β-unsaturated/α-hetero) is 2. The third kappa shape index (κ3) is 2.45. The van der Waals surface area contributed by atoms with E-state index in [0.717, 1.165) is 12.0 Å². The van der Waals surface area contributed by atoms with Crippen LogP contribution in [0.3, 0.4) is 0 Å². The van der Waals surface area contributed by atoms with Gasteiger partial charge in [0.25, 0.3) is 0 Å². The number of methoxy groups -OCH3 is 1. The standard InChI is InChI=1S/C15H18O3/c1-3-10-4-7-14(18-2)13(8-10)15(17)11-5-6-12(16)9-11/h4,7-8,11H,3,5-6,9H2,1-2H3. The minimum absolute atomic E-state index is 0.0491. The summed E-state index contributed by atoms with van der Waals surface area (Å²) in [7, 11) is 1.57. The Morgan fingerprint density at radius 1 is 1.44 bits per heavy atom. The molecule has 1 aromatic rings. The number of benzene rings is 1. The van der Waals surface area contributed by atoms with Crippen LogP contribution < -0.4 is 4.74 Å². The third-order valence-corrected chi connectivity index (χ3v) is 3.55. The Morgan fingerprint density at radius 3 is 2.78 bits per heavy atom. The fourth-order valence-electron chi connectivity index (χ4n) is 2.43. The molecule has 1 fully saturated rings. The zero-order valence-corrected chi connectivity index (χ0v) is 10.9. The van der Waals surface area contributed by atoms with E-state index in [1.165, 1.54) is 0 Å². The first-order valence-electron chi connectivity index (χ1n) is 6.38. The number of hydrogen-bond donors (Lipinski definition) is 0. The van der Waals surface area contributed by atoms with E-state index in [1.807, 2.05) is 18.2 Å². The van der Waals surface area contributed by atoms with E-state index in [-0.39, 0.29) is 17.5 Å². The van der Waals surface area contributed by atoms with Gasteiger partial charge < -0.3 is 4.74 Å². The van der Waals surface area contributed by atoms with Gasteiger partial charge in [0.15, 0.2) is 5.78 Å². The predicted molar refractivity (Wildman–Crippen MR) is 69.1 cm³/mol. The van der Waals surface area contributed by atoms with E-state index < -0.39 is 0 Å². The molecule has 96 valence electrons. The number of aryl methyl sites for hydroxylation is 1. The molecule has 0 radical (unpaired) electrons. The smallest absolute Gasteiger partial charge is 0.170 e. The first-order valence-corrected chi connectivity index (χ1v) is 6.38. The third-order valence-electron chi connectivity index (χ3n) is 3.55. The molecule has 1 atom stereocenters. The van der Waals surface area contributed by atoms with Gasteiger partial charge in [0.2, 0.25) is 0 Å². The van der Waals surface area contributed by atoms with Gasteiger partial charge in [-0.15, -0.1) is 0 Å². The van der Waals surface area contributed by atoms with Gasteiger partial charge in [0.05, 0.1) is 12.7 Å². The molecule has 1 aromatic carbocycles.